The fourth-order valence-electron chi connectivity index (χ4n) is 8.18. The topological polar surface area (TPSA) is 309 Å². The molecule has 0 spiro atoms. The lowest BCUT2D eigenvalue weighted by molar-refractivity contribution is -0.146. The van der Waals surface area contributed by atoms with E-state index in [1.54, 1.807) is 24.3 Å². The summed E-state index contributed by atoms with van der Waals surface area (Å²) in [4.78, 5) is 105. The van der Waals surface area contributed by atoms with Gasteiger partial charge in [0.25, 0.3) is 0 Å². The Kier molecular flexibility index (Phi) is 21.7. The molecule has 7 rings (SSSR count). The van der Waals surface area contributed by atoms with E-state index >= 15 is 0 Å². The van der Waals surface area contributed by atoms with Gasteiger partial charge in [0, 0.05) is 36.4 Å². The van der Waals surface area contributed by atoms with Crippen molar-refractivity contribution in [3.8, 4) is 52.1 Å². The second kappa shape index (κ2) is 29.8. The van der Waals surface area contributed by atoms with Crippen molar-refractivity contribution in [1.82, 2.24) is 4.98 Å². The molecule has 2 aliphatic rings. The normalized spacial score (nSPS) is 16.3. The molecule has 0 amide bonds. The number of fused-ring (bicyclic) bond motifs is 1. The molecule has 0 N–H and O–H groups in total. The molecule has 1 aromatic heterocycles. The summed E-state index contributed by atoms with van der Waals surface area (Å²) in [6.45, 7) is 11.2. The molecule has 0 aliphatic heterocycles. The molecule has 25 heteroatoms. The molecular weight excluding hydrogens is 1100 g/mol. The van der Waals surface area contributed by atoms with Gasteiger partial charge in [-0.25, -0.2) is 24.2 Å². The van der Waals surface area contributed by atoms with Crippen molar-refractivity contribution >= 4 is 80.1 Å². The first kappa shape index (κ1) is 60.4. The quantitative estimate of drug-likeness (QED) is 0.0124. The van der Waals surface area contributed by atoms with Gasteiger partial charge in [0.1, 0.15) is 21.7 Å². The summed E-state index contributed by atoms with van der Waals surface area (Å²) in [6, 6.07) is 19.6. The van der Waals surface area contributed by atoms with Crippen molar-refractivity contribution < 1.29 is 95.2 Å². The van der Waals surface area contributed by atoms with E-state index in [1.807, 2.05) is 6.07 Å². The van der Waals surface area contributed by atoms with E-state index in [-0.39, 0.29) is 108 Å². The third kappa shape index (κ3) is 17.4. The Morgan fingerprint density at radius 1 is 0.482 bits per heavy atom. The molecule has 0 radical (unpaired) electrons. The molecule has 1 heterocycles. The standard InChI is InChI=1S/C58H52N4O20S/c1-5-48(63)75-30-71-42-23-21-40(27-46(42)73-32-77-50(65)7-3)79-54(67)35-11-15-37(16-12-35)56(69)81-44-25-26-45(53-52(44)60-58(83-53)62-61-39-19-9-34(29-59)10-20-39)82-57(70)38-17-13-36(14-18-38)55(68)80-41-22-24-43(72-31-76-49(64)6-2)47(28-41)74-33-78-51(66)8-4/h5-10,19-28,35-38H,1-4,11-18,30-33H2. The minimum absolute atomic E-state index is 0.00473. The molecule has 83 heavy (non-hydrogen) atoms. The predicted molar refractivity (Wildman–Crippen MR) is 288 cm³/mol. The van der Waals surface area contributed by atoms with E-state index in [4.69, 9.17) is 56.8 Å². The van der Waals surface area contributed by atoms with Crippen LogP contribution in [0.5, 0.6) is 46.0 Å². The number of benzene rings is 4. The van der Waals surface area contributed by atoms with Crippen LogP contribution in [0, 0.1) is 35.0 Å². The van der Waals surface area contributed by atoms with Crippen molar-refractivity contribution in [2.75, 3.05) is 27.2 Å². The Hall–Kier alpha value is -10.2. The lowest BCUT2D eigenvalue weighted by Crippen LogP contribution is -2.30. The number of ether oxygens (including phenoxy) is 12. The molecular formula is C58H52N4O20S. The Bertz CT molecular complexity index is 3170. The lowest BCUT2D eigenvalue weighted by Gasteiger charge is -2.26. The minimum Gasteiger partial charge on any atom is -0.453 e. The Morgan fingerprint density at radius 2 is 0.843 bits per heavy atom. The van der Waals surface area contributed by atoms with Crippen LogP contribution in [0.15, 0.2) is 134 Å². The molecule has 2 saturated carbocycles. The number of nitriles is 1. The number of rotatable bonds is 26. The van der Waals surface area contributed by atoms with E-state index in [9.17, 15) is 43.6 Å². The average Bonchev–Trinajstić information content (AvgIpc) is 4.23. The van der Waals surface area contributed by atoms with E-state index in [0.29, 0.717) is 16.0 Å². The molecule has 4 aromatic carbocycles. The number of hydrogen-bond donors (Lipinski definition) is 0. The van der Waals surface area contributed by atoms with Crippen molar-refractivity contribution in [3.63, 3.8) is 0 Å². The summed E-state index contributed by atoms with van der Waals surface area (Å²) in [5, 5.41) is 17.9. The highest BCUT2D eigenvalue weighted by Gasteiger charge is 2.35. The van der Waals surface area contributed by atoms with Gasteiger partial charge in [-0.05, 0) is 112 Å². The van der Waals surface area contributed by atoms with E-state index in [2.05, 4.69) is 41.5 Å². The summed E-state index contributed by atoms with van der Waals surface area (Å²) in [5.74, 6) is -7.27. The van der Waals surface area contributed by atoms with Crippen LogP contribution in [0.1, 0.15) is 56.9 Å². The van der Waals surface area contributed by atoms with Crippen LogP contribution in [0.3, 0.4) is 0 Å². The maximum absolute atomic E-state index is 13.8. The first-order chi connectivity index (χ1) is 40.2. The Morgan fingerprint density at radius 3 is 1.24 bits per heavy atom. The molecule has 0 unspecified atom stereocenters. The van der Waals surface area contributed by atoms with Crippen LogP contribution in [0.2, 0.25) is 0 Å². The maximum Gasteiger partial charge on any atom is 0.333 e. The first-order valence-electron chi connectivity index (χ1n) is 25.4. The number of azo groups is 1. The molecule has 0 atom stereocenters. The van der Waals surface area contributed by atoms with E-state index in [1.165, 1.54) is 48.5 Å². The fourth-order valence-corrected chi connectivity index (χ4v) is 9.03. The third-order valence-electron chi connectivity index (χ3n) is 12.5. The highest BCUT2D eigenvalue weighted by atomic mass is 32.1. The van der Waals surface area contributed by atoms with Gasteiger partial charge in [0.15, 0.2) is 34.5 Å². The van der Waals surface area contributed by atoms with Gasteiger partial charge >= 0.3 is 47.8 Å². The minimum atomic E-state index is -0.755. The van der Waals surface area contributed by atoms with Gasteiger partial charge in [0.2, 0.25) is 32.3 Å². The number of thiazole rings is 1. The molecule has 2 aliphatic carbocycles. The van der Waals surface area contributed by atoms with Gasteiger partial charge < -0.3 is 56.8 Å². The Balaban J connectivity index is 0.977. The van der Waals surface area contributed by atoms with Crippen LogP contribution in [0.4, 0.5) is 10.8 Å². The molecule has 5 aromatic rings. The Labute approximate surface area is 477 Å². The van der Waals surface area contributed by atoms with Crippen LogP contribution in [0.25, 0.3) is 10.2 Å². The van der Waals surface area contributed by atoms with E-state index in [0.717, 1.165) is 35.6 Å². The summed E-state index contributed by atoms with van der Waals surface area (Å²) < 4.78 is 65.1. The van der Waals surface area contributed by atoms with Gasteiger partial charge in [-0.1, -0.05) is 37.7 Å². The summed E-state index contributed by atoms with van der Waals surface area (Å²) in [6.07, 6.45) is 5.98. The third-order valence-corrected chi connectivity index (χ3v) is 13.5. The summed E-state index contributed by atoms with van der Waals surface area (Å²) >= 11 is 1.02. The van der Waals surface area contributed by atoms with Crippen molar-refractivity contribution in [2.24, 2.45) is 33.9 Å². The highest BCUT2D eigenvalue weighted by Crippen LogP contribution is 2.43. The van der Waals surface area contributed by atoms with Gasteiger partial charge in [-0.3, -0.25) is 19.2 Å². The second-order valence-corrected chi connectivity index (χ2v) is 18.8. The zero-order chi connectivity index (χ0) is 59.3. The number of carbonyl (C=O) groups is 8. The highest BCUT2D eigenvalue weighted by molar-refractivity contribution is 7.22. The number of aromatic nitrogens is 1. The molecule has 2 fully saturated rings. The average molecular weight is 1160 g/mol. The summed E-state index contributed by atoms with van der Waals surface area (Å²) in [7, 11) is 0. The SMILES string of the molecule is C=CC(=O)OCOc1ccc(OC(=O)C2CCC(C(=O)Oc3ccc(OC(=O)C4CCC(C(=O)Oc5ccc(OCOC(=O)C=C)c(OCOC(=O)C=C)c5)CC4)c4sc(N=Nc5ccc(C#N)cc5)nc34)CC2)cc1OCOC(=O)C=C. The van der Waals surface area contributed by atoms with Crippen LogP contribution in [-0.2, 0) is 57.3 Å². The number of hydrogen-bond acceptors (Lipinski definition) is 25. The molecule has 24 nitrogen and oxygen atoms in total. The molecule has 430 valence electrons. The summed E-state index contributed by atoms with van der Waals surface area (Å²) in [5.41, 5.74) is 1.00. The van der Waals surface area contributed by atoms with Gasteiger partial charge in [-0.15, -0.1) is 10.2 Å². The maximum atomic E-state index is 13.8. The van der Waals surface area contributed by atoms with E-state index < -0.39 is 98.6 Å². The first-order valence-corrected chi connectivity index (χ1v) is 26.2. The largest absolute Gasteiger partial charge is 0.453 e. The number of carbonyl (C=O) groups excluding carboxylic acids is 8. The van der Waals surface area contributed by atoms with Crippen molar-refractivity contribution in [2.45, 2.75) is 51.4 Å². The molecule has 0 saturated heterocycles. The van der Waals surface area contributed by atoms with Crippen LogP contribution >= 0.6 is 11.3 Å². The second-order valence-electron chi connectivity index (χ2n) is 17.8. The zero-order valence-electron chi connectivity index (χ0n) is 44.2. The van der Waals surface area contributed by atoms with Gasteiger partial charge in [-0.2, -0.15) is 5.26 Å². The van der Waals surface area contributed by atoms with Crippen molar-refractivity contribution in [3.05, 3.63) is 129 Å². The van der Waals surface area contributed by atoms with Gasteiger partial charge in [0.05, 0.1) is 41.0 Å². The zero-order valence-corrected chi connectivity index (χ0v) is 45.0. The lowest BCUT2D eigenvalue weighted by atomic mass is 9.82. The molecule has 0 bridgehead atoms. The van der Waals surface area contributed by atoms with Crippen LogP contribution in [-0.4, -0.2) is 79.9 Å². The smallest absolute Gasteiger partial charge is 0.333 e. The predicted octanol–water partition coefficient (Wildman–Crippen LogP) is 9.48. The fraction of sp³-hybridized carbons (Fsp3) is 0.276. The number of nitrogens with zero attached hydrogens (tertiary/aromatic N) is 4. The number of esters is 8. The monoisotopic (exact) mass is 1160 g/mol. The van der Waals surface area contributed by atoms with Crippen molar-refractivity contribution in [1.29, 1.82) is 5.26 Å². The van der Waals surface area contributed by atoms with Crippen LogP contribution < -0.4 is 37.9 Å².